The van der Waals surface area contributed by atoms with Crippen molar-refractivity contribution in [1.82, 2.24) is 0 Å². The van der Waals surface area contributed by atoms with Crippen molar-refractivity contribution < 1.29 is 0 Å². The molecule has 55 valence electrons. The van der Waals surface area contributed by atoms with E-state index in [1.165, 1.54) is 6.42 Å². The number of hydrogen-bond donors (Lipinski definition) is 0. The highest BCUT2D eigenvalue weighted by Gasteiger charge is 2.00. The van der Waals surface area contributed by atoms with Crippen LogP contribution in [0.2, 0.25) is 0 Å². The molecule has 0 aliphatic rings. The molecule has 0 aromatic heterocycles. The van der Waals surface area contributed by atoms with E-state index in [0.717, 1.165) is 0 Å². The summed E-state index contributed by atoms with van der Waals surface area (Å²) in [7, 11) is 14.8. The van der Waals surface area contributed by atoms with Crippen LogP contribution in [0, 0.1) is 12.8 Å². The Balaban J connectivity index is 0. The highest BCUT2D eigenvalue weighted by atomic mass is 35.8. The Hall–Kier alpha value is 1.40. The maximum absolute atomic E-state index is 4.94. The molecule has 0 nitrogen and oxygen atoms in total. The van der Waals surface area contributed by atoms with E-state index in [0.29, 0.717) is 5.92 Å². The highest BCUT2D eigenvalue weighted by molar-refractivity contribution is 7.54. The maximum atomic E-state index is 4.94. The summed E-state index contributed by atoms with van der Waals surface area (Å²) in [5, 5.41) is 0. The lowest BCUT2D eigenvalue weighted by Crippen LogP contribution is -1.77. The first-order chi connectivity index (χ1) is 4.00. The van der Waals surface area contributed by atoms with Gasteiger partial charge in [0.25, 0.3) is 0 Å². The molecule has 1 radical (unpaired) electrons. The Morgan fingerprint density at radius 3 is 1.56 bits per heavy atom. The van der Waals surface area contributed by atoms with Crippen molar-refractivity contribution >= 4 is 41.5 Å². The van der Waals surface area contributed by atoms with Gasteiger partial charge in [-0.2, -0.15) is 0 Å². The molecule has 0 aromatic carbocycles. The van der Waals surface area contributed by atoms with Crippen LogP contribution in [0.15, 0.2) is 0 Å². The molecule has 9 heavy (non-hydrogen) atoms. The molecular formula is C5H11AlCl3. The fraction of sp³-hybridized carbons (Fsp3) is 0.800. The molecule has 0 aliphatic heterocycles. The van der Waals surface area contributed by atoms with Crippen molar-refractivity contribution in [2.75, 3.05) is 0 Å². The molecule has 0 saturated heterocycles. The van der Waals surface area contributed by atoms with E-state index in [1.807, 2.05) is 0 Å². The third-order valence-electron chi connectivity index (χ3n) is 0.697. The quantitative estimate of drug-likeness (QED) is 0.573. The van der Waals surface area contributed by atoms with Gasteiger partial charge in [-0.3, -0.25) is 0 Å². The molecule has 0 saturated carbocycles. The van der Waals surface area contributed by atoms with Crippen molar-refractivity contribution in [3.63, 3.8) is 0 Å². The van der Waals surface area contributed by atoms with E-state index in [-0.39, 0.29) is 0 Å². The number of rotatable bonds is 1. The molecule has 0 heterocycles. The Labute approximate surface area is 74.5 Å². The topological polar surface area (TPSA) is 0 Å². The van der Waals surface area contributed by atoms with E-state index in [4.69, 9.17) is 30.1 Å². The summed E-state index contributed by atoms with van der Waals surface area (Å²) in [5.74, 6) is 0.634. The van der Waals surface area contributed by atoms with Gasteiger partial charge in [0, 0.05) is 0 Å². The molecule has 4 heteroatoms. The second-order valence-electron chi connectivity index (χ2n) is 1.76. The minimum absolute atomic E-state index is 0.634. The van der Waals surface area contributed by atoms with Gasteiger partial charge in [0.05, 0.1) is 0 Å². The Kier molecular flexibility index (Phi) is 13.6. The predicted molar refractivity (Wildman–Crippen MR) is 48.1 cm³/mol. The second kappa shape index (κ2) is 9.40. The summed E-state index contributed by atoms with van der Waals surface area (Å²) in [5.41, 5.74) is 0. The summed E-state index contributed by atoms with van der Waals surface area (Å²) in [4.78, 5) is 0. The summed E-state index contributed by atoms with van der Waals surface area (Å²) < 4.78 is 0. The first-order valence-corrected chi connectivity index (χ1v) is 7.99. The zero-order valence-electron chi connectivity index (χ0n) is 5.70. The standard InChI is InChI=1S/C5H11.Al.3ClH/c1-4-5(2)3;;;;/h5H,2,4H2,1,3H3;;3*1H/q;+3;;;/p-3. The van der Waals surface area contributed by atoms with Gasteiger partial charge < -0.3 is 0 Å². The van der Waals surface area contributed by atoms with E-state index in [1.54, 1.807) is 0 Å². The van der Waals surface area contributed by atoms with Crippen LogP contribution >= 0.6 is 30.1 Å². The maximum Gasteiger partial charge on any atom is 0.643 e. The highest BCUT2D eigenvalue weighted by Crippen LogP contribution is 1.97. The number of halogens is 3. The van der Waals surface area contributed by atoms with Gasteiger partial charge in [-0.05, 0) is 5.92 Å². The fourth-order valence-electron chi connectivity index (χ4n) is 0. The zero-order valence-corrected chi connectivity index (χ0v) is 9.13. The summed E-state index contributed by atoms with van der Waals surface area (Å²) in [6, 6.07) is 0. The molecule has 0 aromatic rings. The molecule has 0 spiro atoms. The molecule has 0 rings (SSSR count). The average molecular weight is 204 g/mol. The minimum Gasteiger partial charge on any atom is -0.214 e. The number of hydrogen-bond acceptors (Lipinski definition) is 0. The third kappa shape index (κ3) is 44.5. The van der Waals surface area contributed by atoms with Crippen LogP contribution < -0.4 is 0 Å². The summed E-state index contributed by atoms with van der Waals surface area (Å²) >= 11 is -1.72. The van der Waals surface area contributed by atoms with Gasteiger partial charge in [-0.1, -0.05) is 27.2 Å². The molecule has 1 atom stereocenters. The van der Waals surface area contributed by atoms with Crippen LogP contribution in [-0.2, 0) is 0 Å². The normalized spacial score (nSPS) is 8.33. The van der Waals surface area contributed by atoms with E-state index >= 15 is 0 Å². The smallest absolute Gasteiger partial charge is 0.214 e. The van der Waals surface area contributed by atoms with Crippen molar-refractivity contribution in [3.8, 4) is 0 Å². The van der Waals surface area contributed by atoms with Gasteiger partial charge in [0.2, 0.25) is 0 Å². The van der Waals surface area contributed by atoms with Crippen molar-refractivity contribution in [1.29, 1.82) is 0 Å². The van der Waals surface area contributed by atoms with Crippen LogP contribution in [0.25, 0.3) is 0 Å². The van der Waals surface area contributed by atoms with E-state index in [2.05, 4.69) is 20.8 Å². The molecule has 0 bridgehead atoms. The Bertz CT molecular complexity index is 44.7. The minimum atomic E-state index is -1.72. The molecule has 0 N–H and O–H groups in total. The average Bonchev–Trinajstić information content (AvgIpc) is 1.65. The second-order valence-corrected chi connectivity index (χ2v) is 8.19. The van der Waals surface area contributed by atoms with Gasteiger partial charge in [0.15, 0.2) is 0 Å². The lowest BCUT2D eigenvalue weighted by atomic mass is 10.2. The SMILES string of the molecule is [CH2]C(C)CC.[Cl][Al]([Cl])[Cl]. The first kappa shape index (κ1) is 13.0. The first-order valence-electron chi connectivity index (χ1n) is 2.76. The van der Waals surface area contributed by atoms with Crippen LogP contribution in [0.4, 0.5) is 0 Å². The van der Waals surface area contributed by atoms with Gasteiger partial charge in [0.1, 0.15) is 0 Å². The molecule has 0 amide bonds. The predicted octanol–water partition coefficient (Wildman–Crippen LogP) is 3.55. The third-order valence-corrected chi connectivity index (χ3v) is 0.697. The fourth-order valence-corrected chi connectivity index (χ4v) is 0. The van der Waals surface area contributed by atoms with E-state index in [9.17, 15) is 0 Å². The lowest BCUT2D eigenvalue weighted by Gasteiger charge is -1.90. The Morgan fingerprint density at radius 2 is 1.56 bits per heavy atom. The van der Waals surface area contributed by atoms with Crippen molar-refractivity contribution in [2.24, 2.45) is 5.92 Å². The Morgan fingerprint density at radius 1 is 1.44 bits per heavy atom. The monoisotopic (exact) mass is 203 g/mol. The zero-order chi connectivity index (χ0) is 7.86. The van der Waals surface area contributed by atoms with Crippen LogP contribution in [0.5, 0.6) is 0 Å². The van der Waals surface area contributed by atoms with Crippen molar-refractivity contribution in [3.05, 3.63) is 6.92 Å². The molecule has 1 unspecified atom stereocenters. The van der Waals surface area contributed by atoms with Crippen LogP contribution in [0.3, 0.4) is 0 Å². The lowest BCUT2D eigenvalue weighted by molar-refractivity contribution is 0.694. The van der Waals surface area contributed by atoms with Crippen LogP contribution in [-0.4, -0.2) is 11.4 Å². The molecular weight excluding hydrogens is 193 g/mol. The van der Waals surface area contributed by atoms with Crippen molar-refractivity contribution in [2.45, 2.75) is 20.3 Å². The largest absolute Gasteiger partial charge is 0.643 e. The molecule has 0 aliphatic carbocycles. The van der Waals surface area contributed by atoms with E-state index < -0.39 is 11.4 Å². The van der Waals surface area contributed by atoms with Gasteiger partial charge >= 0.3 is 11.4 Å². The van der Waals surface area contributed by atoms with Gasteiger partial charge in [-0.15, -0.1) is 0 Å². The summed E-state index contributed by atoms with van der Waals surface area (Å²) in [6.07, 6.45) is 1.19. The molecule has 0 fully saturated rings. The van der Waals surface area contributed by atoms with Crippen LogP contribution in [0.1, 0.15) is 20.3 Å². The summed E-state index contributed by atoms with van der Waals surface area (Å²) in [6.45, 7) is 8.00. The van der Waals surface area contributed by atoms with Gasteiger partial charge in [-0.25, -0.2) is 30.1 Å².